The van der Waals surface area contributed by atoms with Gasteiger partial charge in [-0.2, -0.15) is 0 Å². The molecule has 0 fully saturated rings. The number of rotatable bonds is 4. The molecule has 0 saturated heterocycles. The lowest BCUT2D eigenvalue weighted by molar-refractivity contribution is -0.116. The van der Waals surface area contributed by atoms with E-state index in [0.29, 0.717) is 12.1 Å². The molecule has 0 aliphatic carbocycles. The number of nitrogens with one attached hydrogen (secondary N) is 1. The summed E-state index contributed by atoms with van der Waals surface area (Å²) < 4.78 is 0. The second-order valence-corrected chi connectivity index (χ2v) is 3.64. The second kappa shape index (κ2) is 6.39. The smallest absolute Gasteiger partial charge is 0.244 e. The lowest BCUT2D eigenvalue weighted by Gasteiger charge is -2.07. The third-order valence-electron chi connectivity index (χ3n) is 2.26. The summed E-state index contributed by atoms with van der Waals surface area (Å²) in [5.74, 6) is 2.31. The Morgan fingerprint density at radius 3 is 3.00 bits per heavy atom. The fourth-order valence-electron chi connectivity index (χ4n) is 1.32. The summed E-state index contributed by atoms with van der Waals surface area (Å²) >= 11 is 0. The van der Waals surface area contributed by atoms with Crippen molar-refractivity contribution in [1.29, 1.82) is 0 Å². The summed E-state index contributed by atoms with van der Waals surface area (Å²) in [4.78, 5) is 11.5. The van der Waals surface area contributed by atoms with E-state index in [0.717, 1.165) is 5.56 Å². The first-order valence-corrected chi connectivity index (χ1v) is 5.46. The summed E-state index contributed by atoms with van der Waals surface area (Å²) in [6, 6.07) is 7.08. The van der Waals surface area contributed by atoms with Crippen LogP contribution in [0.2, 0.25) is 0 Å². The van der Waals surface area contributed by atoms with E-state index in [4.69, 9.17) is 12.2 Å². The number of nitrogens with two attached hydrogens (primary N) is 1. The van der Waals surface area contributed by atoms with Crippen molar-refractivity contribution in [3.05, 3.63) is 35.9 Å². The highest BCUT2D eigenvalue weighted by Crippen LogP contribution is 2.07. The number of hydrogen-bond donors (Lipinski definition) is 2. The third kappa shape index (κ3) is 4.43. The zero-order valence-electron chi connectivity index (χ0n) is 9.81. The minimum atomic E-state index is -0.215. The average Bonchev–Trinajstić information content (AvgIpc) is 2.33. The molecule has 0 aliphatic rings. The quantitative estimate of drug-likeness (QED) is 0.469. The van der Waals surface area contributed by atoms with Crippen LogP contribution < -0.4 is 11.1 Å². The van der Waals surface area contributed by atoms with E-state index in [-0.39, 0.29) is 11.9 Å². The fourth-order valence-corrected chi connectivity index (χ4v) is 1.32. The normalized spacial score (nSPS) is 12.0. The minimum absolute atomic E-state index is 0.197. The van der Waals surface area contributed by atoms with Gasteiger partial charge in [0.2, 0.25) is 5.91 Å². The Labute approximate surface area is 102 Å². The van der Waals surface area contributed by atoms with Gasteiger partial charge in [0.1, 0.15) is 0 Å². The highest BCUT2D eigenvalue weighted by atomic mass is 16.1. The lowest BCUT2D eigenvalue weighted by Crippen LogP contribution is -2.31. The average molecular weight is 228 g/mol. The molecule has 3 nitrogen and oxygen atoms in total. The lowest BCUT2D eigenvalue weighted by atomic mass is 10.2. The molecule has 0 aliphatic heterocycles. The van der Waals surface area contributed by atoms with Crippen LogP contribution in [0, 0.1) is 12.3 Å². The summed E-state index contributed by atoms with van der Waals surface area (Å²) in [7, 11) is 0. The molecule has 3 N–H and O–H groups in total. The van der Waals surface area contributed by atoms with Gasteiger partial charge in [-0.15, -0.1) is 6.42 Å². The first kappa shape index (κ1) is 12.9. The molecule has 88 valence electrons. The van der Waals surface area contributed by atoms with Crippen molar-refractivity contribution >= 4 is 17.7 Å². The van der Waals surface area contributed by atoms with Gasteiger partial charge in [-0.25, -0.2) is 0 Å². The standard InChI is InChI=1S/C14H16N2O/c1-3-13(4-2)16-14(17)9-8-11-6-5-7-12(15)10-11/h1,5-10,13H,4,15H2,2H3,(H,16,17)/b9-8+. The van der Waals surface area contributed by atoms with Gasteiger partial charge in [0.15, 0.2) is 0 Å². The molecule has 1 atom stereocenters. The molecule has 0 radical (unpaired) electrons. The maximum Gasteiger partial charge on any atom is 0.244 e. The van der Waals surface area contributed by atoms with Gasteiger partial charge in [-0.05, 0) is 30.2 Å². The Bertz CT molecular complexity index is 458. The van der Waals surface area contributed by atoms with Crippen LogP contribution in [0.5, 0.6) is 0 Å². The summed E-state index contributed by atoms with van der Waals surface area (Å²) in [6.45, 7) is 1.92. The number of hydrogen-bond acceptors (Lipinski definition) is 2. The minimum Gasteiger partial charge on any atom is -0.399 e. The third-order valence-corrected chi connectivity index (χ3v) is 2.26. The molecule has 1 aromatic rings. The maximum absolute atomic E-state index is 11.5. The fraction of sp³-hybridized carbons (Fsp3) is 0.214. The molecule has 3 heteroatoms. The van der Waals surface area contributed by atoms with Gasteiger partial charge in [0.25, 0.3) is 0 Å². The highest BCUT2D eigenvalue weighted by molar-refractivity contribution is 5.92. The van der Waals surface area contributed by atoms with E-state index >= 15 is 0 Å². The van der Waals surface area contributed by atoms with E-state index in [9.17, 15) is 4.79 Å². The van der Waals surface area contributed by atoms with E-state index in [1.807, 2.05) is 19.1 Å². The number of carbonyl (C=O) groups excluding carboxylic acids is 1. The molecule has 0 aromatic heterocycles. The van der Waals surface area contributed by atoms with Crippen molar-refractivity contribution in [2.24, 2.45) is 0 Å². The van der Waals surface area contributed by atoms with E-state index in [1.54, 1.807) is 18.2 Å². The van der Waals surface area contributed by atoms with Crippen LogP contribution in [0.25, 0.3) is 6.08 Å². The maximum atomic E-state index is 11.5. The molecule has 1 amide bonds. The molecule has 1 aromatic carbocycles. The van der Waals surface area contributed by atoms with E-state index in [1.165, 1.54) is 6.08 Å². The van der Waals surface area contributed by atoms with Crippen molar-refractivity contribution in [3.8, 4) is 12.3 Å². The molecule has 1 unspecified atom stereocenters. The molecular weight excluding hydrogens is 212 g/mol. The van der Waals surface area contributed by atoms with Crippen LogP contribution in [-0.2, 0) is 4.79 Å². The summed E-state index contributed by atoms with van der Waals surface area (Å²) in [5.41, 5.74) is 7.18. The van der Waals surface area contributed by atoms with Crippen LogP contribution in [0.4, 0.5) is 5.69 Å². The first-order chi connectivity index (χ1) is 8.15. The molecule has 1 rings (SSSR count). The SMILES string of the molecule is C#CC(CC)NC(=O)/C=C/c1cccc(N)c1. The van der Waals surface area contributed by atoms with Crippen molar-refractivity contribution in [3.63, 3.8) is 0 Å². The van der Waals surface area contributed by atoms with Gasteiger partial charge < -0.3 is 11.1 Å². The largest absolute Gasteiger partial charge is 0.399 e. The van der Waals surface area contributed by atoms with E-state index < -0.39 is 0 Å². The van der Waals surface area contributed by atoms with Crippen LogP contribution >= 0.6 is 0 Å². The van der Waals surface area contributed by atoms with Gasteiger partial charge in [-0.3, -0.25) is 4.79 Å². The Balaban J connectivity index is 2.60. The Kier molecular flexibility index (Phi) is 4.83. The Morgan fingerprint density at radius 2 is 2.41 bits per heavy atom. The van der Waals surface area contributed by atoms with Gasteiger partial charge in [0.05, 0.1) is 6.04 Å². The number of anilines is 1. The number of carbonyl (C=O) groups is 1. The van der Waals surface area contributed by atoms with Crippen molar-refractivity contribution in [1.82, 2.24) is 5.32 Å². The molecule has 0 spiro atoms. The van der Waals surface area contributed by atoms with Gasteiger partial charge >= 0.3 is 0 Å². The molecule has 0 heterocycles. The summed E-state index contributed by atoms with van der Waals surface area (Å²) in [5, 5.41) is 2.71. The predicted molar refractivity (Wildman–Crippen MR) is 70.9 cm³/mol. The first-order valence-electron chi connectivity index (χ1n) is 5.46. The van der Waals surface area contributed by atoms with Gasteiger partial charge in [-0.1, -0.05) is 25.0 Å². The van der Waals surface area contributed by atoms with Crippen LogP contribution in [-0.4, -0.2) is 11.9 Å². The molecule has 0 saturated carbocycles. The van der Waals surface area contributed by atoms with Crippen LogP contribution in [0.15, 0.2) is 30.3 Å². The zero-order chi connectivity index (χ0) is 12.7. The summed E-state index contributed by atoms with van der Waals surface area (Å²) in [6.07, 6.45) is 9.13. The predicted octanol–water partition coefficient (Wildman–Crippen LogP) is 1.81. The van der Waals surface area contributed by atoms with Crippen molar-refractivity contribution in [2.75, 3.05) is 5.73 Å². The van der Waals surface area contributed by atoms with Crippen LogP contribution in [0.1, 0.15) is 18.9 Å². The number of benzene rings is 1. The van der Waals surface area contributed by atoms with E-state index in [2.05, 4.69) is 11.2 Å². The highest BCUT2D eigenvalue weighted by Gasteiger charge is 2.03. The topological polar surface area (TPSA) is 55.1 Å². The molecule has 17 heavy (non-hydrogen) atoms. The molecule has 0 bridgehead atoms. The Hall–Kier alpha value is -2.21. The molecular formula is C14H16N2O. The van der Waals surface area contributed by atoms with Crippen molar-refractivity contribution in [2.45, 2.75) is 19.4 Å². The number of amides is 1. The zero-order valence-corrected chi connectivity index (χ0v) is 9.81. The van der Waals surface area contributed by atoms with Crippen molar-refractivity contribution < 1.29 is 4.79 Å². The number of nitrogen functional groups attached to an aromatic ring is 1. The van der Waals surface area contributed by atoms with Gasteiger partial charge in [0, 0.05) is 11.8 Å². The number of terminal acetylenes is 1. The monoisotopic (exact) mass is 228 g/mol. The Morgan fingerprint density at radius 1 is 1.65 bits per heavy atom. The van der Waals surface area contributed by atoms with Crippen LogP contribution in [0.3, 0.4) is 0 Å². The second-order valence-electron chi connectivity index (χ2n) is 3.64.